The largest absolute Gasteiger partial charge is 0.376 e. The van der Waals surface area contributed by atoms with E-state index in [4.69, 9.17) is 0 Å². The van der Waals surface area contributed by atoms with Crippen molar-refractivity contribution >= 4 is 32.7 Å². The van der Waals surface area contributed by atoms with E-state index in [0.717, 1.165) is 71.7 Å². The molecule has 230 valence electrons. The second kappa shape index (κ2) is 13.5. The van der Waals surface area contributed by atoms with Crippen molar-refractivity contribution in [3.05, 3.63) is 108 Å². The van der Waals surface area contributed by atoms with Gasteiger partial charge in [0.25, 0.3) is 0 Å². The van der Waals surface area contributed by atoms with Crippen LogP contribution in [0.1, 0.15) is 95.2 Å². The summed E-state index contributed by atoms with van der Waals surface area (Å²) in [5.41, 5.74) is 5.13. The van der Waals surface area contributed by atoms with Crippen LogP contribution < -0.4 is 0 Å². The highest BCUT2D eigenvalue weighted by atomic mass is 16.3. The van der Waals surface area contributed by atoms with E-state index < -0.39 is 5.60 Å². The van der Waals surface area contributed by atoms with Gasteiger partial charge >= 0.3 is 0 Å². The van der Waals surface area contributed by atoms with Crippen molar-refractivity contribution in [3.63, 3.8) is 0 Å². The number of benzene rings is 3. The van der Waals surface area contributed by atoms with Crippen LogP contribution in [0, 0.1) is 0 Å². The fourth-order valence-electron chi connectivity index (χ4n) is 7.19. The van der Waals surface area contributed by atoms with Gasteiger partial charge in [0.05, 0.1) is 0 Å². The molecule has 0 saturated carbocycles. The molecule has 4 nitrogen and oxygen atoms in total. The van der Waals surface area contributed by atoms with Crippen molar-refractivity contribution in [1.29, 1.82) is 0 Å². The monoisotopic (exact) mass is 587 g/mol. The first-order valence-corrected chi connectivity index (χ1v) is 17.1. The second-order valence-electron chi connectivity index (χ2n) is 12.6. The van der Waals surface area contributed by atoms with Crippen LogP contribution >= 0.6 is 0 Å². The smallest absolute Gasteiger partial charge is 0.146 e. The summed E-state index contributed by atoms with van der Waals surface area (Å²) in [6, 6.07) is 26.0. The second-order valence-corrected chi connectivity index (χ2v) is 12.6. The Kier molecular flexibility index (Phi) is 9.28. The third-order valence-electron chi connectivity index (χ3n) is 9.54. The zero-order valence-electron chi connectivity index (χ0n) is 26.9. The van der Waals surface area contributed by atoms with Gasteiger partial charge in [0.2, 0.25) is 0 Å². The first-order valence-electron chi connectivity index (χ1n) is 17.1. The van der Waals surface area contributed by atoms with E-state index in [-0.39, 0.29) is 0 Å². The lowest BCUT2D eigenvalue weighted by Crippen LogP contribution is -2.28. The first-order chi connectivity index (χ1) is 21.6. The molecule has 6 rings (SSSR count). The number of aliphatic hydroxyl groups is 1. The topological polar surface area (TPSA) is 35.0 Å². The molecule has 44 heavy (non-hydrogen) atoms. The zero-order valence-corrected chi connectivity index (χ0v) is 26.9. The summed E-state index contributed by atoms with van der Waals surface area (Å²) in [4.78, 5) is 0. The van der Waals surface area contributed by atoms with Gasteiger partial charge in [-0.05, 0) is 37.5 Å². The number of hydrogen-bond acceptors (Lipinski definition) is 1. The molecule has 0 unspecified atom stereocenters. The van der Waals surface area contributed by atoms with Gasteiger partial charge in [-0.25, -0.2) is 0 Å². The van der Waals surface area contributed by atoms with E-state index in [1.807, 2.05) is 0 Å². The Morgan fingerprint density at radius 1 is 0.455 bits per heavy atom. The van der Waals surface area contributed by atoms with E-state index in [1.165, 1.54) is 55.1 Å². The van der Waals surface area contributed by atoms with E-state index in [2.05, 4.69) is 126 Å². The minimum Gasteiger partial charge on any atom is -0.376 e. The van der Waals surface area contributed by atoms with Crippen LogP contribution in [0.2, 0.25) is 0 Å². The lowest BCUT2D eigenvalue weighted by molar-refractivity contribution is 0.129. The summed E-state index contributed by atoms with van der Waals surface area (Å²) in [6.07, 6.45) is 17.3. The summed E-state index contributed by atoms with van der Waals surface area (Å²) in [7, 11) is 0. The maximum atomic E-state index is 13.7. The molecule has 0 aliphatic carbocycles. The molecular weight excluding hydrogens is 538 g/mol. The van der Waals surface area contributed by atoms with Crippen molar-refractivity contribution in [2.75, 3.05) is 0 Å². The Labute approximate surface area is 262 Å². The molecule has 0 amide bonds. The van der Waals surface area contributed by atoms with Crippen LogP contribution in [0.15, 0.2) is 91.4 Å². The molecule has 0 bridgehead atoms. The van der Waals surface area contributed by atoms with Gasteiger partial charge in [0.15, 0.2) is 0 Å². The molecule has 1 N–H and O–H groups in total. The number of hydrogen-bond donors (Lipinski definition) is 1. The number of aryl methyl sites for hydroxylation is 3. The molecule has 3 heterocycles. The predicted octanol–water partition coefficient (Wildman–Crippen LogP) is 10.4. The average Bonchev–Trinajstić information content (AvgIpc) is 3.74. The fraction of sp³-hybridized carbons (Fsp3) is 0.400. The maximum absolute atomic E-state index is 13.7. The summed E-state index contributed by atoms with van der Waals surface area (Å²) >= 11 is 0. The van der Waals surface area contributed by atoms with Crippen LogP contribution in [0.4, 0.5) is 0 Å². The molecule has 0 fully saturated rings. The molecule has 0 spiro atoms. The SMILES string of the molecule is CCCCCn1cc(C(O)(c2cn(CCCCC)c3ccccc23)c2cn(CCCCC)c3ccccc23)c2ccccc21. The normalized spacial score (nSPS) is 12.3. The van der Waals surface area contributed by atoms with Crippen molar-refractivity contribution in [2.24, 2.45) is 0 Å². The summed E-state index contributed by atoms with van der Waals surface area (Å²) in [6.45, 7) is 9.60. The van der Waals surface area contributed by atoms with Crippen molar-refractivity contribution in [3.8, 4) is 0 Å². The lowest BCUT2D eigenvalue weighted by Gasteiger charge is -2.28. The van der Waals surface area contributed by atoms with E-state index >= 15 is 0 Å². The summed E-state index contributed by atoms with van der Waals surface area (Å²) in [5.74, 6) is 0. The summed E-state index contributed by atoms with van der Waals surface area (Å²) < 4.78 is 7.14. The van der Waals surface area contributed by atoms with Gasteiger partial charge in [-0.3, -0.25) is 0 Å². The Morgan fingerprint density at radius 3 is 1.05 bits per heavy atom. The number of nitrogens with zero attached hydrogens (tertiary/aromatic N) is 3. The Balaban J connectivity index is 1.64. The van der Waals surface area contributed by atoms with Crippen LogP contribution in [-0.4, -0.2) is 18.8 Å². The Bertz CT molecular complexity index is 1620. The molecule has 6 aromatic rings. The third-order valence-corrected chi connectivity index (χ3v) is 9.54. The Hall–Kier alpha value is -3.76. The number of unbranched alkanes of at least 4 members (excludes halogenated alkanes) is 6. The maximum Gasteiger partial charge on any atom is 0.146 e. The van der Waals surface area contributed by atoms with E-state index in [9.17, 15) is 5.11 Å². The molecular formula is C40H49N3O. The quantitative estimate of drug-likeness (QED) is 0.119. The summed E-state index contributed by atoms with van der Waals surface area (Å²) in [5, 5.41) is 17.1. The van der Waals surface area contributed by atoms with E-state index in [0.29, 0.717) is 0 Å². The van der Waals surface area contributed by atoms with Crippen molar-refractivity contribution in [1.82, 2.24) is 13.7 Å². The molecule has 3 aromatic carbocycles. The molecule has 0 atom stereocenters. The molecule has 3 aromatic heterocycles. The lowest BCUT2D eigenvalue weighted by atomic mass is 9.80. The number of rotatable bonds is 15. The number of aromatic nitrogens is 3. The molecule has 0 aliphatic rings. The van der Waals surface area contributed by atoms with Gasteiger partial charge in [0, 0.05) is 87.6 Å². The van der Waals surface area contributed by atoms with Gasteiger partial charge < -0.3 is 18.8 Å². The van der Waals surface area contributed by atoms with Crippen LogP contribution in [0.5, 0.6) is 0 Å². The highest BCUT2D eigenvalue weighted by Crippen LogP contribution is 2.47. The minimum atomic E-state index is -1.35. The molecule has 0 saturated heterocycles. The predicted molar refractivity (Wildman–Crippen MR) is 186 cm³/mol. The van der Waals surface area contributed by atoms with Crippen molar-refractivity contribution < 1.29 is 5.11 Å². The minimum absolute atomic E-state index is 0.946. The van der Waals surface area contributed by atoms with E-state index in [1.54, 1.807) is 0 Å². The van der Waals surface area contributed by atoms with Gasteiger partial charge in [-0.2, -0.15) is 0 Å². The van der Waals surface area contributed by atoms with Crippen molar-refractivity contribution in [2.45, 2.75) is 104 Å². The molecule has 0 aliphatic heterocycles. The van der Waals surface area contributed by atoms with Gasteiger partial charge in [-0.15, -0.1) is 0 Å². The van der Waals surface area contributed by atoms with Crippen LogP contribution in [0.25, 0.3) is 32.7 Å². The zero-order chi connectivity index (χ0) is 30.5. The number of para-hydroxylation sites is 3. The van der Waals surface area contributed by atoms with Gasteiger partial charge in [-0.1, -0.05) is 114 Å². The third kappa shape index (κ3) is 5.49. The van der Waals surface area contributed by atoms with Crippen LogP contribution in [-0.2, 0) is 25.2 Å². The van der Waals surface area contributed by atoms with Gasteiger partial charge in [0.1, 0.15) is 5.60 Å². The number of fused-ring (bicyclic) bond motifs is 3. The highest BCUT2D eigenvalue weighted by Gasteiger charge is 2.41. The van der Waals surface area contributed by atoms with Crippen LogP contribution in [0.3, 0.4) is 0 Å². The average molecular weight is 588 g/mol. The standard InChI is InChI=1S/C40H49N3O/c1-4-7-16-25-41-28-34(31-19-10-13-22-37(31)41)40(44,35-29-42(26-17-8-5-2)38-23-14-11-20-32(35)38)36-30-43(27-18-9-6-3)39-24-15-12-21-33(36)39/h10-15,19-24,28-30,44H,4-9,16-18,25-27H2,1-3H3. The highest BCUT2D eigenvalue weighted by molar-refractivity contribution is 5.94. The first kappa shape index (κ1) is 30.3. The molecule has 0 radical (unpaired) electrons. The molecule has 4 heteroatoms. The fourth-order valence-corrected chi connectivity index (χ4v) is 7.19. The Morgan fingerprint density at radius 2 is 0.750 bits per heavy atom.